The summed E-state index contributed by atoms with van der Waals surface area (Å²) in [6.07, 6.45) is 0.704. The van der Waals surface area contributed by atoms with E-state index in [1.54, 1.807) is 19.2 Å². The molecule has 0 aliphatic rings. The van der Waals surface area contributed by atoms with Crippen molar-refractivity contribution < 1.29 is 9.13 Å². The van der Waals surface area contributed by atoms with Crippen LogP contribution in [-0.2, 0) is 19.9 Å². The number of nitrogens with zero attached hydrogens (tertiary/aromatic N) is 3. The second kappa shape index (κ2) is 7.94. The van der Waals surface area contributed by atoms with E-state index in [2.05, 4.69) is 26.1 Å². The molecule has 2 aromatic carbocycles. The van der Waals surface area contributed by atoms with Crippen LogP contribution in [0.2, 0.25) is 5.02 Å². The molecule has 0 saturated heterocycles. The minimum atomic E-state index is -0.539. The summed E-state index contributed by atoms with van der Waals surface area (Å²) in [4.78, 5) is 11.4. The van der Waals surface area contributed by atoms with Crippen molar-refractivity contribution >= 4 is 27.5 Å². The number of nitrogens with one attached hydrogen (secondary N) is 1. The normalized spacial score (nSPS) is 10.6. The molecule has 1 N–H and O–H groups in total. The molecule has 1 heterocycles. The zero-order valence-electron chi connectivity index (χ0n) is 14.1. The van der Waals surface area contributed by atoms with Crippen LogP contribution in [0.1, 0.15) is 17.0 Å². The number of aromatic nitrogens is 3. The van der Waals surface area contributed by atoms with Gasteiger partial charge in [-0.1, -0.05) is 17.7 Å². The lowest BCUT2D eigenvalue weighted by atomic mass is 10.1. The molecule has 0 spiro atoms. The van der Waals surface area contributed by atoms with Crippen LogP contribution in [0, 0.1) is 17.1 Å². The molecule has 3 aromatic rings. The molecule has 138 valence electrons. The Bertz CT molecular complexity index is 1100. The first-order chi connectivity index (χ1) is 12.9. The van der Waals surface area contributed by atoms with E-state index < -0.39 is 5.82 Å². The summed E-state index contributed by atoms with van der Waals surface area (Å²) >= 11 is 9.24. The van der Waals surface area contributed by atoms with Gasteiger partial charge in [0.25, 0.3) is 0 Å². The first kappa shape index (κ1) is 19.1. The summed E-state index contributed by atoms with van der Waals surface area (Å²) in [5.41, 5.74) is 0.398. The molecule has 0 unspecified atom stereocenters. The van der Waals surface area contributed by atoms with Gasteiger partial charge in [0.15, 0.2) is 11.6 Å². The molecule has 0 atom stereocenters. The van der Waals surface area contributed by atoms with Crippen LogP contribution >= 0.6 is 27.5 Å². The van der Waals surface area contributed by atoms with E-state index >= 15 is 0 Å². The number of benzene rings is 2. The van der Waals surface area contributed by atoms with Crippen LogP contribution in [0.4, 0.5) is 4.39 Å². The Morgan fingerprint density at radius 2 is 2.15 bits per heavy atom. The molecule has 0 aliphatic heterocycles. The minimum absolute atomic E-state index is 0.00502. The molecule has 0 saturated carbocycles. The van der Waals surface area contributed by atoms with Gasteiger partial charge in [0.05, 0.1) is 16.1 Å². The van der Waals surface area contributed by atoms with Gasteiger partial charge in [-0.05, 0) is 52.2 Å². The third kappa shape index (κ3) is 4.21. The average molecular weight is 452 g/mol. The number of halogens is 3. The summed E-state index contributed by atoms with van der Waals surface area (Å²) in [5, 5.41) is 15.6. The third-order valence-corrected chi connectivity index (χ3v) is 4.78. The van der Waals surface area contributed by atoms with Crippen molar-refractivity contribution in [2.45, 2.75) is 12.8 Å². The fraction of sp³-hybridized carbons (Fsp3) is 0.167. The fourth-order valence-corrected chi connectivity index (χ4v) is 3.13. The van der Waals surface area contributed by atoms with Gasteiger partial charge in [-0.2, -0.15) is 10.4 Å². The Kier molecular flexibility index (Phi) is 5.63. The van der Waals surface area contributed by atoms with Gasteiger partial charge in [0, 0.05) is 18.5 Å². The number of rotatable bonds is 5. The maximum atomic E-state index is 15.0. The van der Waals surface area contributed by atoms with E-state index in [9.17, 15) is 9.18 Å². The zero-order chi connectivity index (χ0) is 19.6. The average Bonchev–Trinajstić information content (AvgIpc) is 2.96. The highest BCUT2D eigenvalue weighted by Crippen LogP contribution is 2.35. The SMILES string of the molecule is Cn1c(CCc2ccc(Br)c(Oc3cc(Cl)cc(C#N)c3)c2F)n[nH]c1=O. The third-order valence-electron chi connectivity index (χ3n) is 3.94. The molecule has 0 radical (unpaired) electrons. The summed E-state index contributed by atoms with van der Waals surface area (Å²) in [5.74, 6) is 0.238. The van der Waals surface area contributed by atoms with Crippen molar-refractivity contribution in [3.05, 3.63) is 73.1 Å². The first-order valence-electron chi connectivity index (χ1n) is 7.84. The second-order valence-electron chi connectivity index (χ2n) is 5.74. The maximum Gasteiger partial charge on any atom is 0.343 e. The Balaban J connectivity index is 1.87. The molecule has 6 nitrogen and oxygen atoms in total. The van der Waals surface area contributed by atoms with E-state index in [0.29, 0.717) is 39.3 Å². The molecule has 27 heavy (non-hydrogen) atoms. The van der Waals surface area contributed by atoms with Crippen LogP contribution in [0.25, 0.3) is 0 Å². The molecule has 1 aromatic heterocycles. The van der Waals surface area contributed by atoms with Gasteiger partial charge in [-0.25, -0.2) is 14.3 Å². The van der Waals surface area contributed by atoms with Crippen LogP contribution < -0.4 is 10.4 Å². The molecule has 3 rings (SSSR count). The van der Waals surface area contributed by atoms with Crippen molar-refractivity contribution in [3.63, 3.8) is 0 Å². The molecule has 0 aliphatic carbocycles. The number of ether oxygens (including phenoxy) is 1. The highest BCUT2D eigenvalue weighted by atomic mass is 79.9. The lowest BCUT2D eigenvalue weighted by molar-refractivity contribution is 0.435. The summed E-state index contributed by atoms with van der Waals surface area (Å²) in [7, 11) is 1.60. The maximum absolute atomic E-state index is 15.0. The van der Waals surface area contributed by atoms with Crippen molar-refractivity contribution in [2.24, 2.45) is 7.05 Å². The summed E-state index contributed by atoms with van der Waals surface area (Å²) in [6.45, 7) is 0. The molecule has 9 heteroatoms. The van der Waals surface area contributed by atoms with Crippen LogP contribution in [0.15, 0.2) is 39.6 Å². The van der Waals surface area contributed by atoms with Crippen molar-refractivity contribution in [3.8, 4) is 17.6 Å². The van der Waals surface area contributed by atoms with Crippen LogP contribution in [0.3, 0.4) is 0 Å². The molecular formula is C18H13BrClFN4O2. The summed E-state index contributed by atoms with van der Waals surface area (Å²) < 4.78 is 22.4. The van der Waals surface area contributed by atoms with Crippen molar-refractivity contribution in [1.29, 1.82) is 5.26 Å². The van der Waals surface area contributed by atoms with Gasteiger partial charge >= 0.3 is 5.69 Å². The predicted octanol–water partition coefficient (Wildman–Crippen LogP) is 4.11. The minimum Gasteiger partial charge on any atom is -0.453 e. The predicted molar refractivity (Wildman–Crippen MR) is 102 cm³/mol. The Hall–Kier alpha value is -2.63. The van der Waals surface area contributed by atoms with E-state index in [4.69, 9.17) is 21.6 Å². The van der Waals surface area contributed by atoms with Gasteiger partial charge in [0.2, 0.25) is 0 Å². The Morgan fingerprint density at radius 3 is 2.81 bits per heavy atom. The number of aromatic amines is 1. The largest absolute Gasteiger partial charge is 0.453 e. The highest BCUT2D eigenvalue weighted by molar-refractivity contribution is 9.10. The fourth-order valence-electron chi connectivity index (χ4n) is 2.51. The van der Waals surface area contributed by atoms with Crippen LogP contribution in [0.5, 0.6) is 11.5 Å². The van der Waals surface area contributed by atoms with Crippen molar-refractivity contribution in [1.82, 2.24) is 14.8 Å². The standard InChI is InChI=1S/C18H13BrClFN4O2/c1-25-15(23-24-18(25)26)5-3-11-2-4-14(19)17(16(11)21)27-13-7-10(9-22)6-12(20)8-13/h2,4,6-8H,3,5H2,1H3,(H,24,26). The quantitative estimate of drug-likeness (QED) is 0.633. The van der Waals surface area contributed by atoms with E-state index in [1.165, 1.54) is 22.8 Å². The number of aryl methyl sites for hydroxylation is 2. The van der Waals surface area contributed by atoms with Gasteiger partial charge in [-0.3, -0.25) is 4.57 Å². The monoisotopic (exact) mass is 450 g/mol. The van der Waals surface area contributed by atoms with E-state index in [1.807, 2.05) is 6.07 Å². The highest BCUT2D eigenvalue weighted by Gasteiger charge is 2.16. The number of nitriles is 1. The Morgan fingerprint density at radius 1 is 1.37 bits per heavy atom. The van der Waals surface area contributed by atoms with Gasteiger partial charge < -0.3 is 4.74 Å². The first-order valence-corrected chi connectivity index (χ1v) is 9.02. The number of hydrogen-bond donors (Lipinski definition) is 1. The number of H-pyrrole nitrogens is 1. The topological polar surface area (TPSA) is 83.7 Å². The van der Waals surface area contributed by atoms with E-state index in [0.717, 1.165) is 0 Å². The molecule has 0 amide bonds. The van der Waals surface area contributed by atoms with Crippen LogP contribution in [-0.4, -0.2) is 14.8 Å². The number of hydrogen-bond acceptors (Lipinski definition) is 4. The van der Waals surface area contributed by atoms with Gasteiger partial charge in [-0.15, -0.1) is 0 Å². The van der Waals surface area contributed by atoms with Crippen molar-refractivity contribution in [2.75, 3.05) is 0 Å². The summed E-state index contributed by atoms with van der Waals surface area (Å²) in [6, 6.07) is 9.75. The smallest absolute Gasteiger partial charge is 0.343 e. The lowest BCUT2D eigenvalue weighted by Crippen LogP contribution is -2.15. The second-order valence-corrected chi connectivity index (χ2v) is 7.03. The Labute approximate surface area is 167 Å². The molecule has 0 fully saturated rings. The van der Waals surface area contributed by atoms with Gasteiger partial charge in [0.1, 0.15) is 11.6 Å². The zero-order valence-corrected chi connectivity index (χ0v) is 16.4. The van der Waals surface area contributed by atoms with E-state index in [-0.39, 0.29) is 17.2 Å². The molecular weight excluding hydrogens is 439 g/mol. The molecule has 0 bridgehead atoms. The lowest BCUT2D eigenvalue weighted by Gasteiger charge is -2.12.